The summed E-state index contributed by atoms with van der Waals surface area (Å²) < 4.78 is 14.3. The standard InChI is InChI=1S/C11H13NO2S/c1-7(2)8-4-5-10-9(6-8)11(13)12-15(10,3)14/h4-7H,3H2,1-2H3,(H,12,13,14). The van der Waals surface area contributed by atoms with Gasteiger partial charge in [-0.2, -0.15) is 0 Å². The number of carbonyl (C=O) groups excluding carboxylic acids is 1. The van der Waals surface area contributed by atoms with Crippen LogP contribution in [0.25, 0.3) is 0 Å². The van der Waals surface area contributed by atoms with Gasteiger partial charge in [-0.1, -0.05) is 19.9 Å². The van der Waals surface area contributed by atoms with Gasteiger partial charge in [-0.3, -0.25) is 9.52 Å². The average Bonchev–Trinajstić information content (AvgIpc) is 2.37. The maximum Gasteiger partial charge on any atom is 0.264 e. The van der Waals surface area contributed by atoms with Gasteiger partial charge < -0.3 is 0 Å². The van der Waals surface area contributed by atoms with E-state index in [4.69, 9.17) is 0 Å². The summed E-state index contributed by atoms with van der Waals surface area (Å²) in [6.07, 6.45) is 0. The van der Waals surface area contributed by atoms with Crippen LogP contribution in [0.4, 0.5) is 0 Å². The summed E-state index contributed by atoms with van der Waals surface area (Å²) in [5.41, 5.74) is 1.57. The van der Waals surface area contributed by atoms with Gasteiger partial charge in [0.05, 0.1) is 20.2 Å². The Balaban J connectivity index is 2.66. The predicted octanol–water partition coefficient (Wildman–Crippen LogP) is 1.54. The minimum absolute atomic E-state index is 0.285. The molecular formula is C11H13NO2S. The molecule has 1 N–H and O–H groups in total. The third kappa shape index (κ3) is 1.55. The number of nitrogens with one attached hydrogen (secondary N) is 1. The molecule has 4 heteroatoms. The third-order valence-corrected chi connectivity index (χ3v) is 4.11. The lowest BCUT2D eigenvalue weighted by molar-refractivity contribution is 0.0985. The van der Waals surface area contributed by atoms with E-state index >= 15 is 0 Å². The van der Waals surface area contributed by atoms with Crippen molar-refractivity contribution in [3.05, 3.63) is 29.3 Å². The molecule has 80 valence electrons. The first-order chi connectivity index (χ1) is 6.92. The largest absolute Gasteiger partial charge is 0.275 e. The van der Waals surface area contributed by atoms with E-state index in [0.29, 0.717) is 16.4 Å². The Bertz CT molecular complexity index is 530. The molecule has 0 radical (unpaired) electrons. The molecule has 0 saturated heterocycles. The third-order valence-electron chi connectivity index (χ3n) is 2.53. The number of rotatable bonds is 1. The zero-order valence-electron chi connectivity index (χ0n) is 8.74. The van der Waals surface area contributed by atoms with Crippen molar-refractivity contribution >= 4 is 21.5 Å². The molecule has 1 amide bonds. The van der Waals surface area contributed by atoms with Crippen LogP contribution in [0.15, 0.2) is 23.1 Å². The second kappa shape index (κ2) is 3.10. The second-order valence-electron chi connectivity index (χ2n) is 4.02. The second-order valence-corrected chi connectivity index (χ2v) is 6.01. The van der Waals surface area contributed by atoms with Gasteiger partial charge in [0.15, 0.2) is 0 Å². The SMILES string of the molecule is C=S1(=O)NC(=O)c2cc(C(C)C)ccc21. The molecule has 15 heavy (non-hydrogen) atoms. The minimum atomic E-state index is -2.60. The van der Waals surface area contributed by atoms with Crippen LogP contribution in [0.1, 0.15) is 35.7 Å². The molecule has 1 aromatic carbocycles. The van der Waals surface area contributed by atoms with Crippen molar-refractivity contribution in [1.82, 2.24) is 4.72 Å². The Labute approximate surface area is 89.6 Å². The monoisotopic (exact) mass is 223 g/mol. The molecule has 0 spiro atoms. The normalized spacial score (nSPS) is 24.1. The summed E-state index contributed by atoms with van der Waals surface area (Å²) in [7, 11) is -2.60. The molecule has 1 heterocycles. The first-order valence-electron chi connectivity index (χ1n) is 4.75. The van der Waals surface area contributed by atoms with Gasteiger partial charge in [0.2, 0.25) is 0 Å². The van der Waals surface area contributed by atoms with E-state index < -0.39 is 9.71 Å². The van der Waals surface area contributed by atoms with Gasteiger partial charge >= 0.3 is 0 Å². The Morgan fingerprint density at radius 1 is 1.40 bits per heavy atom. The van der Waals surface area contributed by atoms with Crippen molar-refractivity contribution in [3.8, 4) is 0 Å². The number of amides is 1. The first kappa shape index (κ1) is 10.2. The van der Waals surface area contributed by atoms with E-state index in [2.05, 4.69) is 24.4 Å². The predicted molar refractivity (Wildman–Crippen MR) is 61.5 cm³/mol. The smallest absolute Gasteiger partial charge is 0.264 e. The number of hydrogen-bond donors (Lipinski definition) is 1. The molecule has 0 saturated carbocycles. The summed E-state index contributed by atoms with van der Waals surface area (Å²) in [4.78, 5) is 12.1. The first-order valence-corrected chi connectivity index (χ1v) is 6.48. The topological polar surface area (TPSA) is 46.2 Å². The lowest BCUT2D eigenvalue weighted by atomic mass is 10.0. The molecule has 1 unspecified atom stereocenters. The molecule has 1 aromatic rings. The Morgan fingerprint density at radius 3 is 2.67 bits per heavy atom. The van der Waals surface area contributed by atoms with Crippen LogP contribution in [0.2, 0.25) is 0 Å². The molecular weight excluding hydrogens is 210 g/mol. The van der Waals surface area contributed by atoms with Crippen LogP contribution < -0.4 is 4.72 Å². The number of fused-ring (bicyclic) bond motifs is 1. The fraction of sp³-hybridized carbons (Fsp3) is 0.273. The summed E-state index contributed by atoms with van der Waals surface area (Å²) in [5, 5.41) is 0. The fourth-order valence-corrected chi connectivity index (χ4v) is 2.95. The van der Waals surface area contributed by atoms with Crippen LogP contribution in [0.5, 0.6) is 0 Å². The van der Waals surface area contributed by atoms with Gasteiger partial charge in [0, 0.05) is 0 Å². The van der Waals surface area contributed by atoms with Crippen LogP contribution >= 0.6 is 0 Å². The van der Waals surface area contributed by atoms with Gasteiger partial charge in [0.1, 0.15) is 0 Å². The van der Waals surface area contributed by atoms with Gasteiger partial charge in [0.25, 0.3) is 5.91 Å². The highest BCUT2D eigenvalue weighted by Crippen LogP contribution is 2.26. The highest BCUT2D eigenvalue weighted by molar-refractivity contribution is 7.99. The number of hydrogen-bond acceptors (Lipinski definition) is 2. The van der Waals surface area contributed by atoms with E-state index in [1.807, 2.05) is 6.07 Å². The lowest BCUT2D eigenvalue weighted by Gasteiger charge is -2.06. The van der Waals surface area contributed by atoms with Crippen molar-refractivity contribution in [2.24, 2.45) is 0 Å². The van der Waals surface area contributed by atoms with Crippen molar-refractivity contribution in [2.75, 3.05) is 0 Å². The summed E-state index contributed by atoms with van der Waals surface area (Å²) in [6, 6.07) is 5.43. The van der Waals surface area contributed by atoms with E-state index in [-0.39, 0.29) is 5.91 Å². The van der Waals surface area contributed by atoms with Crippen LogP contribution in [-0.2, 0) is 9.71 Å². The van der Waals surface area contributed by atoms with E-state index in [0.717, 1.165) is 5.56 Å². The Morgan fingerprint density at radius 2 is 2.07 bits per heavy atom. The average molecular weight is 223 g/mol. The van der Waals surface area contributed by atoms with Crippen LogP contribution in [0, 0.1) is 0 Å². The van der Waals surface area contributed by atoms with E-state index in [1.165, 1.54) is 0 Å². The summed E-state index contributed by atoms with van der Waals surface area (Å²) in [6.45, 7) is 4.10. The highest BCUT2D eigenvalue weighted by atomic mass is 32.2. The van der Waals surface area contributed by atoms with Gasteiger partial charge in [-0.05, 0) is 29.5 Å². The molecule has 3 nitrogen and oxygen atoms in total. The van der Waals surface area contributed by atoms with Gasteiger partial charge in [-0.15, -0.1) is 0 Å². The molecule has 0 bridgehead atoms. The van der Waals surface area contributed by atoms with Crippen molar-refractivity contribution in [3.63, 3.8) is 0 Å². The number of benzene rings is 1. The summed E-state index contributed by atoms with van der Waals surface area (Å²) >= 11 is 0. The maximum atomic E-state index is 11.9. The zero-order chi connectivity index (χ0) is 11.2. The van der Waals surface area contributed by atoms with E-state index in [1.54, 1.807) is 12.1 Å². The molecule has 1 atom stereocenters. The minimum Gasteiger partial charge on any atom is -0.275 e. The lowest BCUT2D eigenvalue weighted by Crippen LogP contribution is -2.20. The summed E-state index contributed by atoms with van der Waals surface area (Å²) in [5.74, 6) is 3.60. The van der Waals surface area contributed by atoms with Crippen molar-refractivity contribution in [1.29, 1.82) is 0 Å². The molecule has 0 aromatic heterocycles. The maximum absolute atomic E-state index is 11.9. The van der Waals surface area contributed by atoms with Gasteiger partial charge in [-0.25, -0.2) is 4.21 Å². The molecule has 1 aliphatic rings. The highest BCUT2D eigenvalue weighted by Gasteiger charge is 2.27. The Hall–Kier alpha value is -1.29. The van der Waals surface area contributed by atoms with Crippen LogP contribution in [0.3, 0.4) is 0 Å². The quantitative estimate of drug-likeness (QED) is 0.734. The fourth-order valence-electron chi connectivity index (χ4n) is 1.63. The van der Waals surface area contributed by atoms with E-state index in [9.17, 15) is 9.00 Å². The molecule has 0 fully saturated rings. The van der Waals surface area contributed by atoms with Crippen molar-refractivity contribution in [2.45, 2.75) is 24.7 Å². The zero-order valence-corrected chi connectivity index (χ0v) is 9.56. The van der Waals surface area contributed by atoms with Crippen LogP contribution in [-0.4, -0.2) is 16.0 Å². The number of carbonyl (C=O) groups is 1. The van der Waals surface area contributed by atoms with Crippen molar-refractivity contribution < 1.29 is 9.00 Å². The molecule has 2 rings (SSSR count). The molecule has 1 aliphatic heterocycles. The Kier molecular flexibility index (Phi) is 2.12. The molecule has 0 aliphatic carbocycles.